The van der Waals surface area contributed by atoms with Crippen LogP contribution in [0.1, 0.15) is 12.7 Å². The summed E-state index contributed by atoms with van der Waals surface area (Å²) in [4.78, 5) is 7.21. The van der Waals surface area contributed by atoms with Gasteiger partial charge >= 0.3 is 0 Å². The Hall–Kier alpha value is -0.990. The van der Waals surface area contributed by atoms with Gasteiger partial charge in [0, 0.05) is 18.7 Å². The molecule has 1 radical (unpaired) electrons. The van der Waals surface area contributed by atoms with E-state index in [1.807, 2.05) is 0 Å². The van der Waals surface area contributed by atoms with Gasteiger partial charge in [-0.3, -0.25) is 0 Å². The predicted molar refractivity (Wildman–Crippen MR) is 31.1 cm³/mol. The molecule has 0 spiro atoms. The summed E-state index contributed by atoms with van der Waals surface area (Å²) in [7, 11) is 0. The van der Waals surface area contributed by atoms with Crippen LogP contribution < -0.4 is 0 Å². The maximum Gasteiger partial charge on any atom is 0.216 e. The van der Waals surface area contributed by atoms with Crippen LogP contribution in [0.3, 0.4) is 0 Å². The van der Waals surface area contributed by atoms with Gasteiger partial charge in [0.1, 0.15) is 5.82 Å². The molecule has 47 valence electrons. The molecule has 0 aliphatic heterocycles. The van der Waals surface area contributed by atoms with Gasteiger partial charge in [-0.2, -0.15) is 4.39 Å². The monoisotopic (exact) mass is 125 g/mol. The standard InChI is InChI=1S/C6H6FN2/c1-2-6-8-4-3-5(7)9-6/h2-4H,1H3. The first-order valence-electron chi connectivity index (χ1n) is 2.61. The Morgan fingerprint density at radius 1 is 1.67 bits per heavy atom. The van der Waals surface area contributed by atoms with Crippen LogP contribution in [0.4, 0.5) is 4.39 Å². The normalized spacial score (nSPS) is 9.56. The van der Waals surface area contributed by atoms with Crippen molar-refractivity contribution in [2.45, 2.75) is 6.92 Å². The highest BCUT2D eigenvalue weighted by atomic mass is 19.1. The maximum absolute atomic E-state index is 12.2. The van der Waals surface area contributed by atoms with E-state index in [0.29, 0.717) is 5.82 Å². The molecular formula is C6H6FN2. The van der Waals surface area contributed by atoms with Crippen LogP contribution in [0.15, 0.2) is 12.3 Å². The minimum absolute atomic E-state index is 0.426. The highest BCUT2D eigenvalue weighted by Crippen LogP contribution is 1.93. The summed E-state index contributed by atoms with van der Waals surface area (Å²) in [6.45, 7) is 1.76. The summed E-state index contributed by atoms with van der Waals surface area (Å²) in [5.41, 5.74) is 0. The fourth-order valence-electron chi connectivity index (χ4n) is 0.490. The van der Waals surface area contributed by atoms with Crippen LogP contribution in [-0.2, 0) is 0 Å². The quantitative estimate of drug-likeness (QED) is 0.527. The Labute approximate surface area is 52.8 Å². The van der Waals surface area contributed by atoms with E-state index in [1.165, 1.54) is 12.3 Å². The van der Waals surface area contributed by atoms with Crippen molar-refractivity contribution < 1.29 is 4.39 Å². The molecule has 0 fully saturated rings. The van der Waals surface area contributed by atoms with Gasteiger partial charge in [0.25, 0.3) is 0 Å². The Morgan fingerprint density at radius 3 is 2.89 bits per heavy atom. The third-order valence-electron chi connectivity index (χ3n) is 0.898. The molecule has 0 saturated heterocycles. The topological polar surface area (TPSA) is 25.8 Å². The first kappa shape index (κ1) is 6.13. The van der Waals surface area contributed by atoms with Crippen LogP contribution in [0.2, 0.25) is 0 Å². The number of hydrogen-bond donors (Lipinski definition) is 0. The van der Waals surface area contributed by atoms with Crippen molar-refractivity contribution >= 4 is 0 Å². The minimum atomic E-state index is -0.488. The molecule has 1 aromatic rings. The average Bonchev–Trinajstić information content (AvgIpc) is 1.88. The summed E-state index contributed by atoms with van der Waals surface area (Å²) in [6.07, 6.45) is 3.03. The molecule has 0 N–H and O–H groups in total. The van der Waals surface area contributed by atoms with Crippen molar-refractivity contribution in [2.75, 3.05) is 0 Å². The summed E-state index contributed by atoms with van der Waals surface area (Å²) < 4.78 is 12.2. The Morgan fingerprint density at radius 2 is 2.44 bits per heavy atom. The zero-order valence-electron chi connectivity index (χ0n) is 5.00. The van der Waals surface area contributed by atoms with E-state index < -0.39 is 5.95 Å². The van der Waals surface area contributed by atoms with Gasteiger partial charge in [-0.25, -0.2) is 9.97 Å². The molecule has 1 heterocycles. The van der Waals surface area contributed by atoms with Gasteiger partial charge in [-0.1, -0.05) is 6.92 Å². The summed E-state index contributed by atoms with van der Waals surface area (Å²) in [5.74, 6) is -0.0619. The van der Waals surface area contributed by atoms with E-state index in [4.69, 9.17) is 0 Å². The summed E-state index contributed by atoms with van der Waals surface area (Å²) >= 11 is 0. The van der Waals surface area contributed by atoms with Gasteiger partial charge in [0.15, 0.2) is 0 Å². The minimum Gasteiger partial charge on any atom is -0.241 e. The lowest BCUT2D eigenvalue weighted by molar-refractivity contribution is 0.575. The Balaban J connectivity index is 2.94. The maximum atomic E-state index is 12.2. The Bertz CT molecular complexity index is 200. The van der Waals surface area contributed by atoms with Crippen LogP contribution in [0.25, 0.3) is 0 Å². The Kier molecular flexibility index (Phi) is 1.72. The van der Waals surface area contributed by atoms with Crippen molar-refractivity contribution in [3.05, 3.63) is 30.5 Å². The second-order valence-corrected chi connectivity index (χ2v) is 1.53. The molecule has 0 aliphatic carbocycles. The van der Waals surface area contributed by atoms with Crippen LogP contribution in [0, 0.1) is 12.4 Å². The number of hydrogen-bond acceptors (Lipinski definition) is 2. The number of rotatable bonds is 1. The van der Waals surface area contributed by atoms with Gasteiger partial charge in [-0.05, 0) is 0 Å². The van der Waals surface area contributed by atoms with Crippen LogP contribution in [-0.4, -0.2) is 9.97 Å². The van der Waals surface area contributed by atoms with Gasteiger partial charge in [-0.15, -0.1) is 0 Å². The van der Waals surface area contributed by atoms with Crippen molar-refractivity contribution in [1.82, 2.24) is 9.97 Å². The van der Waals surface area contributed by atoms with E-state index in [-0.39, 0.29) is 0 Å². The predicted octanol–water partition coefficient (Wildman–Crippen LogP) is 1.19. The number of aromatic nitrogens is 2. The zero-order valence-corrected chi connectivity index (χ0v) is 5.00. The van der Waals surface area contributed by atoms with Gasteiger partial charge < -0.3 is 0 Å². The lowest BCUT2D eigenvalue weighted by atomic mass is 10.4. The van der Waals surface area contributed by atoms with Gasteiger partial charge in [0.2, 0.25) is 5.95 Å². The van der Waals surface area contributed by atoms with E-state index in [1.54, 1.807) is 13.3 Å². The van der Waals surface area contributed by atoms with E-state index in [2.05, 4.69) is 9.97 Å². The molecule has 1 rings (SSSR count). The highest BCUT2D eigenvalue weighted by Gasteiger charge is 1.92. The summed E-state index contributed by atoms with van der Waals surface area (Å²) in [5, 5.41) is 0. The highest BCUT2D eigenvalue weighted by molar-refractivity contribution is 4.98. The molecule has 0 saturated carbocycles. The molecule has 0 unspecified atom stereocenters. The molecule has 0 aliphatic rings. The zero-order chi connectivity index (χ0) is 6.69. The SMILES string of the molecule is C[CH]c1nccc(F)n1. The first-order valence-corrected chi connectivity index (χ1v) is 2.61. The largest absolute Gasteiger partial charge is 0.241 e. The average molecular weight is 125 g/mol. The molecule has 0 atom stereocenters. The second kappa shape index (κ2) is 2.53. The lowest BCUT2D eigenvalue weighted by Crippen LogP contribution is -1.91. The van der Waals surface area contributed by atoms with E-state index >= 15 is 0 Å². The summed E-state index contributed by atoms with van der Waals surface area (Å²) in [6, 6.07) is 1.22. The van der Waals surface area contributed by atoms with E-state index in [9.17, 15) is 4.39 Å². The van der Waals surface area contributed by atoms with Crippen molar-refractivity contribution in [3.8, 4) is 0 Å². The van der Waals surface area contributed by atoms with Gasteiger partial charge in [0.05, 0.1) is 0 Å². The molecule has 1 aromatic heterocycles. The van der Waals surface area contributed by atoms with Crippen molar-refractivity contribution in [2.24, 2.45) is 0 Å². The first-order chi connectivity index (χ1) is 4.33. The third-order valence-corrected chi connectivity index (χ3v) is 0.898. The molecule has 0 aromatic carbocycles. The molecule has 3 heteroatoms. The number of nitrogens with zero attached hydrogens (tertiary/aromatic N) is 2. The van der Waals surface area contributed by atoms with Crippen LogP contribution in [0.5, 0.6) is 0 Å². The molecular weight excluding hydrogens is 119 g/mol. The van der Waals surface area contributed by atoms with Crippen molar-refractivity contribution in [1.29, 1.82) is 0 Å². The molecule has 0 amide bonds. The lowest BCUT2D eigenvalue weighted by Gasteiger charge is -1.90. The molecule has 2 nitrogen and oxygen atoms in total. The van der Waals surface area contributed by atoms with Crippen LogP contribution >= 0.6 is 0 Å². The fourth-order valence-corrected chi connectivity index (χ4v) is 0.490. The third kappa shape index (κ3) is 1.45. The number of halogens is 1. The van der Waals surface area contributed by atoms with E-state index in [0.717, 1.165) is 0 Å². The molecule has 0 bridgehead atoms. The fraction of sp³-hybridized carbons (Fsp3) is 0.167. The second-order valence-electron chi connectivity index (χ2n) is 1.53. The smallest absolute Gasteiger partial charge is 0.216 e. The van der Waals surface area contributed by atoms with Crippen molar-refractivity contribution in [3.63, 3.8) is 0 Å². The molecule has 9 heavy (non-hydrogen) atoms.